The molecule has 0 bridgehead atoms. The standard InChI is InChI=1S/C21H32N8O6S/c1-11(30)17(29-18(31)14(22)5-12-7-23-9-25-12)20(33)27-15(3-4-36-2)19(32)28-16(21(34)35)6-13-8-24-10-26-13/h7-11,14-17,30H,3-6,22H2,1-2H3,(H,23,25)(H,24,26)(H,27,33)(H,28,32)(H,29,31)(H,34,35). The van der Waals surface area contributed by atoms with Gasteiger partial charge in [0.25, 0.3) is 0 Å². The summed E-state index contributed by atoms with van der Waals surface area (Å²) in [5.74, 6) is -2.98. The Bertz CT molecular complexity index is 985. The predicted molar refractivity (Wildman–Crippen MR) is 131 cm³/mol. The number of carboxylic acid groups (broad SMARTS) is 1. The molecular weight excluding hydrogens is 492 g/mol. The average molecular weight is 525 g/mol. The molecule has 36 heavy (non-hydrogen) atoms. The van der Waals surface area contributed by atoms with E-state index in [4.69, 9.17) is 5.73 Å². The quantitative estimate of drug-likeness (QED) is 0.127. The number of amides is 3. The number of imidazole rings is 2. The first-order valence-electron chi connectivity index (χ1n) is 11.1. The van der Waals surface area contributed by atoms with Crippen LogP contribution < -0.4 is 21.7 Å². The van der Waals surface area contributed by atoms with Crippen LogP contribution in [-0.2, 0) is 32.0 Å². The van der Waals surface area contributed by atoms with Gasteiger partial charge in [0.2, 0.25) is 17.7 Å². The molecule has 14 nitrogen and oxygen atoms in total. The molecule has 5 atom stereocenters. The summed E-state index contributed by atoms with van der Waals surface area (Å²) < 4.78 is 0. The zero-order valence-electron chi connectivity index (χ0n) is 19.9. The van der Waals surface area contributed by atoms with Crippen LogP contribution in [0.2, 0.25) is 0 Å². The van der Waals surface area contributed by atoms with E-state index in [2.05, 4.69) is 35.9 Å². The molecule has 0 radical (unpaired) electrons. The summed E-state index contributed by atoms with van der Waals surface area (Å²) in [7, 11) is 0. The van der Waals surface area contributed by atoms with Gasteiger partial charge < -0.3 is 41.9 Å². The summed E-state index contributed by atoms with van der Waals surface area (Å²) in [6, 6.07) is -4.78. The highest BCUT2D eigenvalue weighted by molar-refractivity contribution is 7.98. The molecule has 0 aromatic carbocycles. The van der Waals surface area contributed by atoms with Gasteiger partial charge in [0.05, 0.1) is 24.8 Å². The summed E-state index contributed by atoms with van der Waals surface area (Å²) in [6.45, 7) is 1.31. The van der Waals surface area contributed by atoms with Crippen molar-refractivity contribution in [3.63, 3.8) is 0 Å². The van der Waals surface area contributed by atoms with E-state index in [1.807, 2.05) is 6.26 Å². The first-order chi connectivity index (χ1) is 17.1. The summed E-state index contributed by atoms with van der Waals surface area (Å²) in [6.07, 6.45) is 6.59. The number of nitrogens with two attached hydrogens (primary N) is 1. The maximum absolute atomic E-state index is 13.0. The lowest BCUT2D eigenvalue weighted by atomic mass is 10.1. The second-order valence-electron chi connectivity index (χ2n) is 8.14. The van der Waals surface area contributed by atoms with Gasteiger partial charge in [-0.05, 0) is 25.4 Å². The number of hydrogen-bond donors (Lipinski definition) is 8. The molecule has 5 unspecified atom stereocenters. The number of nitrogens with zero attached hydrogens (tertiary/aromatic N) is 2. The number of nitrogens with one attached hydrogen (secondary N) is 5. The van der Waals surface area contributed by atoms with Crippen LogP contribution in [0.25, 0.3) is 0 Å². The Kier molecular flexibility index (Phi) is 11.4. The highest BCUT2D eigenvalue weighted by Gasteiger charge is 2.32. The van der Waals surface area contributed by atoms with E-state index >= 15 is 0 Å². The monoisotopic (exact) mass is 524 g/mol. The third kappa shape index (κ3) is 8.98. The van der Waals surface area contributed by atoms with Gasteiger partial charge in [-0.2, -0.15) is 11.8 Å². The topological polar surface area (TPSA) is 228 Å². The van der Waals surface area contributed by atoms with Crippen molar-refractivity contribution in [3.05, 3.63) is 36.4 Å². The first-order valence-corrected chi connectivity index (χ1v) is 12.5. The van der Waals surface area contributed by atoms with Gasteiger partial charge in [-0.25, -0.2) is 14.8 Å². The molecule has 198 valence electrons. The lowest BCUT2D eigenvalue weighted by Crippen LogP contribution is -2.60. The van der Waals surface area contributed by atoms with Gasteiger partial charge in [-0.3, -0.25) is 14.4 Å². The number of carboxylic acids is 1. The number of aromatic nitrogens is 4. The lowest BCUT2D eigenvalue weighted by Gasteiger charge is -2.26. The van der Waals surface area contributed by atoms with Crippen LogP contribution in [0.15, 0.2) is 25.0 Å². The van der Waals surface area contributed by atoms with Crippen molar-refractivity contribution in [1.29, 1.82) is 0 Å². The van der Waals surface area contributed by atoms with Gasteiger partial charge in [-0.1, -0.05) is 0 Å². The molecule has 0 fully saturated rings. The molecule has 0 aliphatic rings. The second-order valence-corrected chi connectivity index (χ2v) is 9.12. The Morgan fingerprint density at radius 2 is 1.56 bits per heavy atom. The number of H-pyrrole nitrogens is 2. The summed E-state index contributed by atoms with van der Waals surface area (Å²) >= 11 is 1.43. The molecule has 0 spiro atoms. The maximum atomic E-state index is 13.0. The Morgan fingerprint density at radius 3 is 2.06 bits per heavy atom. The largest absolute Gasteiger partial charge is 0.480 e. The molecule has 15 heteroatoms. The summed E-state index contributed by atoms with van der Waals surface area (Å²) in [4.78, 5) is 63.4. The van der Waals surface area contributed by atoms with Crippen LogP contribution in [0, 0.1) is 0 Å². The van der Waals surface area contributed by atoms with Crippen molar-refractivity contribution in [2.45, 2.75) is 56.5 Å². The molecule has 3 amide bonds. The van der Waals surface area contributed by atoms with E-state index in [-0.39, 0.29) is 19.3 Å². The number of aliphatic hydroxyl groups is 1. The van der Waals surface area contributed by atoms with E-state index in [1.165, 1.54) is 43.7 Å². The van der Waals surface area contributed by atoms with Crippen molar-refractivity contribution in [2.75, 3.05) is 12.0 Å². The average Bonchev–Trinajstić information content (AvgIpc) is 3.53. The molecular formula is C21H32N8O6S. The van der Waals surface area contributed by atoms with E-state index < -0.39 is 54.0 Å². The van der Waals surface area contributed by atoms with Gasteiger partial charge in [0.15, 0.2) is 0 Å². The summed E-state index contributed by atoms with van der Waals surface area (Å²) in [5, 5.41) is 27.0. The van der Waals surface area contributed by atoms with Gasteiger partial charge in [0.1, 0.15) is 18.1 Å². The SMILES string of the molecule is CSCCC(NC(=O)C(NC(=O)C(N)Cc1cnc[nH]1)C(C)O)C(=O)NC(Cc1cnc[nH]1)C(=O)O. The zero-order chi connectivity index (χ0) is 26.7. The van der Waals surface area contributed by atoms with E-state index in [1.54, 1.807) is 0 Å². The van der Waals surface area contributed by atoms with Crippen LogP contribution in [0.3, 0.4) is 0 Å². The minimum absolute atomic E-state index is 0.0369. The smallest absolute Gasteiger partial charge is 0.326 e. The summed E-state index contributed by atoms with van der Waals surface area (Å²) in [5.41, 5.74) is 7.04. The van der Waals surface area contributed by atoms with Crippen molar-refractivity contribution < 1.29 is 29.4 Å². The zero-order valence-corrected chi connectivity index (χ0v) is 20.7. The Balaban J connectivity index is 2.06. The minimum atomic E-state index is -1.39. The van der Waals surface area contributed by atoms with E-state index in [0.717, 1.165) is 0 Å². The van der Waals surface area contributed by atoms with Crippen LogP contribution in [0.4, 0.5) is 0 Å². The van der Waals surface area contributed by atoms with Crippen molar-refractivity contribution in [2.24, 2.45) is 5.73 Å². The maximum Gasteiger partial charge on any atom is 0.326 e. The Morgan fingerprint density at radius 1 is 0.972 bits per heavy atom. The highest BCUT2D eigenvalue weighted by Crippen LogP contribution is 2.06. The fourth-order valence-corrected chi connectivity index (χ4v) is 3.72. The van der Waals surface area contributed by atoms with Crippen molar-refractivity contribution in [1.82, 2.24) is 35.9 Å². The van der Waals surface area contributed by atoms with Gasteiger partial charge >= 0.3 is 5.97 Å². The number of aromatic amines is 2. The predicted octanol–water partition coefficient (Wildman–Crippen LogP) is -2.08. The molecule has 2 aromatic heterocycles. The van der Waals surface area contributed by atoms with Crippen LogP contribution in [0.1, 0.15) is 24.7 Å². The molecule has 2 aromatic rings. The Hall–Kier alpha value is -3.43. The van der Waals surface area contributed by atoms with Crippen LogP contribution >= 0.6 is 11.8 Å². The molecule has 0 aliphatic carbocycles. The van der Waals surface area contributed by atoms with Crippen molar-refractivity contribution in [3.8, 4) is 0 Å². The highest BCUT2D eigenvalue weighted by atomic mass is 32.2. The van der Waals surface area contributed by atoms with E-state index in [0.29, 0.717) is 17.1 Å². The third-order valence-electron chi connectivity index (χ3n) is 5.23. The normalized spacial score (nSPS) is 15.2. The number of thioether (sulfide) groups is 1. The fraction of sp³-hybridized carbons (Fsp3) is 0.524. The molecule has 0 aliphatic heterocycles. The molecule has 9 N–H and O–H groups in total. The number of hydrogen-bond acceptors (Lipinski definition) is 9. The number of rotatable bonds is 15. The van der Waals surface area contributed by atoms with Gasteiger partial charge in [-0.15, -0.1) is 0 Å². The number of carbonyl (C=O) groups excluding carboxylic acids is 3. The molecule has 0 saturated carbocycles. The minimum Gasteiger partial charge on any atom is -0.480 e. The van der Waals surface area contributed by atoms with Crippen LogP contribution in [0.5, 0.6) is 0 Å². The number of aliphatic hydroxyl groups excluding tert-OH is 1. The second kappa shape index (κ2) is 14.2. The first kappa shape index (κ1) is 28.8. The van der Waals surface area contributed by atoms with E-state index in [9.17, 15) is 29.4 Å². The van der Waals surface area contributed by atoms with Gasteiger partial charge in [0, 0.05) is 36.6 Å². The third-order valence-corrected chi connectivity index (χ3v) is 5.88. The number of carbonyl (C=O) groups is 4. The molecule has 2 rings (SSSR count). The molecule has 2 heterocycles. The number of aliphatic carboxylic acids is 1. The lowest BCUT2D eigenvalue weighted by molar-refractivity contribution is -0.142. The Labute approximate surface area is 211 Å². The fourth-order valence-electron chi connectivity index (χ4n) is 3.25. The van der Waals surface area contributed by atoms with Crippen LogP contribution in [-0.4, -0.2) is 96.1 Å². The molecule has 0 saturated heterocycles. The van der Waals surface area contributed by atoms with Crippen molar-refractivity contribution >= 4 is 35.5 Å².